The van der Waals surface area contributed by atoms with Crippen molar-refractivity contribution in [3.63, 3.8) is 0 Å². The van der Waals surface area contributed by atoms with Gasteiger partial charge in [-0.2, -0.15) is 5.26 Å². The highest BCUT2D eigenvalue weighted by Gasteiger charge is 2.06. The van der Waals surface area contributed by atoms with E-state index < -0.39 is 19.4 Å². The minimum Gasteiger partial charge on any atom is -0.377 e. The molecule has 1 rings (SSSR count). The third-order valence-electron chi connectivity index (χ3n) is 1.76. The number of nitrogens with one attached hydrogen (secondary N) is 1. The van der Waals surface area contributed by atoms with Crippen molar-refractivity contribution < 1.29 is 8.78 Å². The fourth-order valence-corrected chi connectivity index (χ4v) is 0.995. The van der Waals surface area contributed by atoms with Crippen molar-refractivity contribution in [1.82, 2.24) is 0 Å². The first-order chi connectivity index (χ1) is 6.80. The summed E-state index contributed by atoms with van der Waals surface area (Å²) in [5.74, 6) is 0. The van der Waals surface area contributed by atoms with Gasteiger partial charge in [0.25, 0.3) is 0 Å². The van der Waals surface area contributed by atoms with Crippen LogP contribution in [-0.2, 0) is 0 Å². The molecule has 0 aliphatic heterocycles. The SMILES string of the molecule is N#Cc1ccc(NC(CF)CF)cc1. The molecule has 0 heterocycles. The lowest BCUT2D eigenvalue weighted by atomic mass is 10.2. The number of hydrogen-bond acceptors (Lipinski definition) is 2. The zero-order chi connectivity index (χ0) is 10.4. The summed E-state index contributed by atoms with van der Waals surface area (Å²) in [5, 5.41) is 11.2. The van der Waals surface area contributed by atoms with Crippen molar-refractivity contribution >= 4 is 5.69 Å². The van der Waals surface area contributed by atoms with Gasteiger partial charge in [0.2, 0.25) is 0 Å². The molecule has 1 aromatic carbocycles. The lowest BCUT2D eigenvalue weighted by Crippen LogP contribution is -2.23. The van der Waals surface area contributed by atoms with Gasteiger partial charge in [0, 0.05) is 5.69 Å². The Balaban J connectivity index is 2.64. The quantitative estimate of drug-likeness (QED) is 0.801. The molecule has 0 radical (unpaired) electrons. The Hall–Kier alpha value is -1.63. The summed E-state index contributed by atoms with van der Waals surface area (Å²) in [5.41, 5.74) is 1.14. The van der Waals surface area contributed by atoms with Gasteiger partial charge in [-0.1, -0.05) is 0 Å². The molecule has 0 aromatic heterocycles. The van der Waals surface area contributed by atoms with E-state index in [1.54, 1.807) is 24.3 Å². The molecule has 1 N–H and O–H groups in total. The van der Waals surface area contributed by atoms with Crippen LogP contribution < -0.4 is 5.32 Å². The number of nitriles is 1. The van der Waals surface area contributed by atoms with E-state index in [2.05, 4.69) is 5.32 Å². The maximum Gasteiger partial charge on any atom is 0.112 e. The van der Waals surface area contributed by atoms with Gasteiger partial charge in [0.05, 0.1) is 17.7 Å². The van der Waals surface area contributed by atoms with E-state index in [0.717, 1.165) is 0 Å². The minimum atomic E-state index is -0.803. The van der Waals surface area contributed by atoms with Crippen LogP contribution in [0.2, 0.25) is 0 Å². The van der Waals surface area contributed by atoms with E-state index in [0.29, 0.717) is 11.3 Å². The molecular formula is C10H10F2N2. The van der Waals surface area contributed by atoms with E-state index in [9.17, 15) is 8.78 Å². The normalized spacial score (nSPS) is 9.86. The zero-order valence-electron chi connectivity index (χ0n) is 7.50. The van der Waals surface area contributed by atoms with Crippen molar-refractivity contribution in [3.8, 4) is 6.07 Å². The molecule has 0 unspecified atom stereocenters. The van der Waals surface area contributed by atoms with Crippen molar-refractivity contribution in [2.75, 3.05) is 18.7 Å². The number of nitrogens with zero attached hydrogens (tertiary/aromatic N) is 1. The molecule has 0 aliphatic carbocycles. The lowest BCUT2D eigenvalue weighted by Gasteiger charge is -2.12. The summed E-state index contributed by atoms with van der Waals surface area (Å²) in [6.07, 6.45) is 0. The van der Waals surface area contributed by atoms with Crippen LogP contribution in [0, 0.1) is 11.3 Å². The fraction of sp³-hybridized carbons (Fsp3) is 0.300. The molecular weight excluding hydrogens is 186 g/mol. The molecule has 0 saturated carbocycles. The molecule has 0 bridgehead atoms. The molecule has 0 amide bonds. The monoisotopic (exact) mass is 196 g/mol. The molecule has 1 aromatic rings. The molecule has 0 spiro atoms. The van der Waals surface area contributed by atoms with Crippen LogP contribution >= 0.6 is 0 Å². The van der Waals surface area contributed by atoms with Gasteiger partial charge < -0.3 is 5.32 Å². The number of anilines is 1. The first kappa shape index (κ1) is 10.5. The predicted octanol–water partition coefficient (Wildman–Crippen LogP) is 2.28. The smallest absolute Gasteiger partial charge is 0.112 e. The number of benzene rings is 1. The molecule has 14 heavy (non-hydrogen) atoms. The second kappa shape index (κ2) is 5.18. The van der Waals surface area contributed by atoms with E-state index >= 15 is 0 Å². The van der Waals surface area contributed by atoms with Crippen molar-refractivity contribution in [3.05, 3.63) is 29.8 Å². The number of hydrogen-bond donors (Lipinski definition) is 1. The molecule has 0 atom stereocenters. The average Bonchev–Trinajstić information content (AvgIpc) is 2.26. The predicted molar refractivity (Wildman–Crippen MR) is 50.5 cm³/mol. The van der Waals surface area contributed by atoms with Crippen LogP contribution in [0.3, 0.4) is 0 Å². The van der Waals surface area contributed by atoms with Gasteiger partial charge in [-0.3, -0.25) is 0 Å². The lowest BCUT2D eigenvalue weighted by molar-refractivity contribution is 0.368. The van der Waals surface area contributed by atoms with Crippen LogP contribution in [0.1, 0.15) is 5.56 Å². The molecule has 2 nitrogen and oxygen atoms in total. The summed E-state index contributed by atoms with van der Waals surface area (Å²) < 4.78 is 24.3. The summed E-state index contributed by atoms with van der Waals surface area (Å²) >= 11 is 0. The highest BCUT2D eigenvalue weighted by molar-refractivity contribution is 5.47. The van der Waals surface area contributed by atoms with Gasteiger partial charge in [-0.15, -0.1) is 0 Å². The fourth-order valence-electron chi connectivity index (χ4n) is 0.995. The van der Waals surface area contributed by atoms with Crippen LogP contribution in [0.5, 0.6) is 0 Å². The Bertz CT molecular complexity index is 312. The molecule has 0 saturated heterocycles. The Morgan fingerprint density at radius 3 is 2.21 bits per heavy atom. The van der Waals surface area contributed by atoms with Crippen LogP contribution in [0.15, 0.2) is 24.3 Å². The molecule has 4 heteroatoms. The van der Waals surface area contributed by atoms with Gasteiger partial charge in [0.15, 0.2) is 0 Å². The van der Waals surface area contributed by atoms with Crippen molar-refractivity contribution in [2.24, 2.45) is 0 Å². The summed E-state index contributed by atoms with van der Waals surface area (Å²) in [7, 11) is 0. The van der Waals surface area contributed by atoms with Gasteiger partial charge in [-0.25, -0.2) is 8.78 Å². The Labute approximate surface area is 81.2 Å². The highest BCUT2D eigenvalue weighted by atomic mass is 19.1. The summed E-state index contributed by atoms with van der Waals surface area (Å²) in [4.78, 5) is 0. The maximum absolute atomic E-state index is 12.1. The second-order valence-corrected chi connectivity index (χ2v) is 2.84. The third kappa shape index (κ3) is 2.70. The number of halogens is 2. The standard InChI is InChI=1S/C10H10F2N2/c11-5-10(6-12)14-9-3-1-8(7-13)2-4-9/h1-4,10,14H,5-6H2. The maximum atomic E-state index is 12.1. The van der Waals surface area contributed by atoms with E-state index in [4.69, 9.17) is 5.26 Å². The van der Waals surface area contributed by atoms with Gasteiger partial charge in [0.1, 0.15) is 13.3 Å². The zero-order valence-corrected chi connectivity index (χ0v) is 7.50. The minimum absolute atomic E-state index is 0.521. The van der Waals surface area contributed by atoms with E-state index in [-0.39, 0.29) is 0 Å². The van der Waals surface area contributed by atoms with E-state index in [1.807, 2.05) is 6.07 Å². The second-order valence-electron chi connectivity index (χ2n) is 2.84. The van der Waals surface area contributed by atoms with Gasteiger partial charge in [-0.05, 0) is 24.3 Å². The van der Waals surface area contributed by atoms with Crippen molar-refractivity contribution in [1.29, 1.82) is 5.26 Å². The Morgan fingerprint density at radius 2 is 1.79 bits per heavy atom. The molecule has 0 aliphatic rings. The number of alkyl halides is 2. The van der Waals surface area contributed by atoms with Crippen LogP contribution in [-0.4, -0.2) is 19.4 Å². The largest absolute Gasteiger partial charge is 0.377 e. The summed E-state index contributed by atoms with van der Waals surface area (Å²) in [6.45, 7) is -1.51. The van der Waals surface area contributed by atoms with E-state index in [1.165, 1.54) is 0 Å². The first-order valence-corrected chi connectivity index (χ1v) is 4.18. The topological polar surface area (TPSA) is 35.8 Å². The Kier molecular flexibility index (Phi) is 3.86. The van der Waals surface area contributed by atoms with Gasteiger partial charge >= 0.3 is 0 Å². The summed E-state index contributed by atoms with van der Waals surface area (Å²) in [6, 6.07) is 7.59. The molecule has 74 valence electrons. The third-order valence-corrected chi connectivity index (χ3v) is 1.76. The number of rotatable bonds is 4. The first-order valence-electron chi connectivity index (χ1n) is 4.18. The highest BCUT2D eigenvalue weighted by Crippen LogP contribution is 2.10. The molecule has 0 fully saturated rings. The van der Waals surface area contributed by atoms with Crippen LogP contribution in [0.25, 0.3) is 0 Å². The van der Waals surface area contributed by atoms with Crippen molar-refractivity contribution in [2.45, 2.75) is 6.04 Å². The average molecular weight is 196 g/mol. The Morgan fingerprint density at radius 1 is 1.21 bits per heavy atom. The van der Waals surface area contributed by atoms with Crippen LogP contribution in [0.4, 0.5) is 14.5 Å².